The molecule has 1 aliphatic carbocycles. The Bertz CT molecular complexity index is 330. The maximum atomic E-state index is 11.5. The quantitative estimate of drug-likeness (QED) is 0.345. The molecule has 2 fully saturated rings. The van der Waals surface area contributed by atoms with E-state index in [-0.39, 0.29) is 22.5 Å². The summed E-state index contributed by atoms with van der Waals surface area (Å²) in [6.07, 6.45) is 3.82. The fourth-order valence-corrected chi connectivity index (χ4v) is 2.02. The molecule has 74 valence electrons. The molecule has 2 N–H and O–H groups in total. The first-order valence-corrected chi connectivity index (χ1v) is 4.98. The van der Waals surface area contributed by atoms with Crippen LogP contribution in [0.25, 0.3) is 0 Å². The molecule has 0 unspecified atom stereocenters. The number of carbonyl (C=O) groups excluding carboxylic acids is 2. The normalized spacial score (nSPS) is 22.4. The van der Waals surface area contributed by atoms with Crippen molar-refractivity contribution in [3.8, 4) is 0 Å². The highest BCUT2D eigenvalue weighted by Gasteiger charge is 2.29. The summed E-state index contributed by atoms with van der Waals surface area (Å²) >= 11 is 4.70. The van der Waals surface area contributed by atoms with Crippen LogP contribution in [-0.2, 0) is 9.59 Å². The van der Waals surface area contributed by atoms with E-state index in [0.717, 1.165) is 31.3 Å². The summed E-state index contributed by atoms with van der Waals surface area (Å²) in [5.41, 5.74) is 1.23. The topological polar surface area (TPSA) is 58.2 Å². The third-order valence-electron chi connectivity index (χ3n) is 2.47. The van der Waals surface area contributed by atoms with Gasteiger partial charge in [-0.1, -0.05) is 5.57 Å². The highest BCUT2D eigenvalue weighted by molar-refractivity contribution is 7.80. The second-order valence-corrected chi connectivity index (χ2v) is 3.83. The second-order valence-electron chi connectivity index (χ2n) is 3.42. The van der Waals surface area contributed by atoms with E-state index in [0.29, 0.717) is 0 Å². The Hall–Kier alpha value is -1.23. The molecule has 0 aromatic rings. The monoisotopic (exact) mass is 210 g/mol. The number of rotatable bonds is 0. The summed E-state index contributed by atoms with van der Waals surface area (Å²) in [6.45, 7) is 0. The minimum Gasteiger partial charge on any atom is -0.299 e. The molecule has 14 heavy (non-hydrogen) atoms. The fraction of sp³-hybridized carbons (Fsp3) is 0.444. The molecule has 1 heterocycles. The van der Waals surface area contributed by atoms with Crippen molar-refractivity contribution in [2.24, 2.45) is 0 Å². The van der Waals surface area contributed by atoms with Crippen LogP contribution in [-0.4, -0.2) is 16.9 Å². The Kier molecular flexibility index (Phi) is 2.33. The van der Waals surface area contributed by atoms with E-state index < -0.39 is 0 Å². The molecule has 0 aromatic heterocycles. The number of nitrogens with one attached hydrogen (secondary N) is 2. The zero-order chi connectivity index (χ0) is 10.1. The van der Waals surface area contributed by atoms with Gasteiger partial charge in [0.2, 0.25) is 0 Å². The number of thiocarbonyl (C=S) groups is 1. The maximum absolute atomic E-state index is 11.5. The van der Waals surface area contributed by atoms with Crippen LogP contribution in [0.1, 0.15) is 25.7 Å². The summed E-state index contributed by atoms with van der Waals surface area (Å²) in [7, 11) is 0. The third kappa shape index (κ3) is 1.55. The van der Waals surface area contributed by atoms with Gasteiger partial charge in [0.25, 0.3) is 11.8 Å². The summed E-state index contributed by atoms with van der Waals surface area (Å²) in [5.74, 6) is -0.702. The largest absolute Gasteiger partial charge is 0.299 e. The number of hydrogen-bond donors (Lipinski definition) is 2. The van der Waals surface area contributed by atoms with Crippen LogP contribution < -0.4 is 10.6 Å². The summed E-state index contributed by atoms with van der Waals surface area (Å²) in [4.78, 5) is 23.0. The van der Waals surface area contributed by atoms with Gasteiger partial charge in [-0.3, -0.25) is 20.2 Å². The maximum Gasteiger partial charge on any atom is 0.262 e. The molecule has 4 nitrogen and oxygen atoms in total. The summed E-state index contributed by atoms with van der Waals surface area (Å²) in [5, 5.41) is 4.98. The van der Waals surface area contributed by atoms with Crippen molar-refractivity contribution in [1.82, 2.24) is 10.6 Å². The molecular formula is C9H10N2O2S. The molecule has 1 aliphatic heterocycles. The van der Waals surface area contributed by atoms with Crippen LogP contribution >= 0.6 is 12.2 Å². The van der Waals surface area contributed by atoms with Crippen LogP contribution in [0, 0.1) is 0 Å². The molecule has 2 amide bonds. The molecular weight excluding hydrogens is 200 g/mol. The first-order valence-electron chi connectivity index (χ1n) is 4.57. The van der Waals surface area contributed by atoms with Gasteiger partial charge in [0.05, 0.1) is 0 Å². The molecule has 1 saturated carbocycles. The lowest BCUT2D eigenvalue weighted by Crippen LogP contribution is -2.51. The third-order valence-corrected chi connectivity index (χ3v) is 2.67. The van der Waals surface area contributed by atoms with E-state index >= 15 is 0 Å². The Balaban J connectivity index is 2.33. The Morgan fingerprint density at radius 3 is 2.00 bits per heavy atom. The Labute approximate surface area is 86.7 Å². The molecule has 1 saturated heterocycles. The van der Waals surface area contributed by atoms with Gasteiger partial charge in [0.1, 0.15) is 5.57 Å². The molecule has 0 aromatic carbocycles. The van der Waals surface area contributed by atoms with Crippen molar-refractivity contribution in [3.05, 3.63) is 11.1 Å². The predicted molar refractivity (Wildman–Crippen MR) is 54.4 cm³/mol. The Morgan fingerprint density at radius 2 is 1.50 bits per heavy atom. The van der Waals surface area contributed by atoms with Gasteiger partial charge in [-0.25, -0.2) is 0 Å². The van der Waals surface area contributed by atoms with Crippen molar-refractivity contribution in [3.63, 3.8) is 0 Å². The molecule has 0 spiro atoms. The minimum absolute atomic E-state index is 0.0994. The van der Waals surface area contributed by atoms with Gasteiger partial charge in [-0.2, -0.15) is 0 Å². The summed E-state index contributed by atoms with van der Waals surface area (Å²) in [6, 6.07) is 0. The van der Waals surface area contributed by atoms with Gasteiger partial charge in [0.15, 0.2) is 5.11 Å². The number of hydrogen-bond acceptors (Lipinski definition) is 3. The Morgan fingerprint density at radius 1 is 1.00 bits per heavy atom. The highest BCUT2D eigenvalue weighted by atomic mass is 32.1. The number of carbonyl (C=O) groups is 2. The van der Waals surface area contributed by atoms with E-state index in [9.17, 15) is 9.59 Å². The average molecular weight is 210 g/mol. The van der Waals surface area contributed by atoms with E-state index in [2.05, 4.69) is 10.6 Å². The van der Waals surface area contributed by atoms with Crippen LogP contribution in [0.15, 0.2) is 11.1 Å². The average Bonchev–Trinajstić information content (AvgIpc) is 2.54. The number of allylic oxidation sites excluding steroid dienone is 1. The van der Waals surface area contributed by atoms with E-state index in [1.807, 2.05) is 0 Å². The van der Waals surface area contributed by atoms with Crippen LogP contribution in [0.2, 0.25) is 0 Å². The minimum atomic E-state index is -0.351. The summed E-state index contributed by atoms with van der Waals surface area (Å²) < 4.78 is 0. The van der Waals surface area contributed by atoms with Crippen molar-refractivity contribution in [2.75, 3.05) is 0 Å². The zero-order valence-electron chi connectivity index (χ0n) is 7.55. The molecule has 0 radical (unpaired) electrons. The second kappa shape index (κ2) is 3.49. The van der Waals surface area contributed by atoms with Gasteiger partial charge in [-0.05, 0) is 37.9 Å². The van der Waals surface area contributed by atoms with Crippen LogP contribution in [0.4, 0.5) is 0 Å². The predicted octanol–water partition coefficient (Wildman–Crippen LogP) is 0.388. The van der Waals surface area contributed by atoms with E-state index in [1.165, 1.54) is 0 Å². The first kappa shape index (κ1) is 9.33. The molecule has 2 rings (SSSR count). The van der Waals surface area contributed by atoms with Crippen molar-refractivity contribution in [1.29, 1.82) is 0 Å². The van der Waals surface area contributed by atoms with Gasteiger partial charge >= 0.3 is 0 Å². The molecule has 5 heteroatoms. The fourth-order valence-electron chi connectivity index (χ4n) is 1.84. The highest BCUT2D eigenvalue weighted by Crippen LogP contribution is 2.27. The van der Waals surface area contributed by atoms with Crippen LogP contribution in [0.3, 0.4) is 0 Å². The molecule has 0 bridgehead atoms. The van der Waals surface area contributed by atoms with E-state index in [1.54, 1.807) is 0 Å². The standard InChI is InChI=1S/C9H10N2O2S/c12-7-6(5-3-1-2-4-5)8(13)11-9(14)10-7/h1-4H2,(H2,10,11,12,13,14). The van der Waals surface area contributed by atoms with Gasteiger partial charge in [-0.15, -0.1) is 0 Å². The van der Waals surface area contributed by atoms with Crippen molar-refractivity contribution < 1.29 is 9.59 Å². The lowest BCUT2D eigenvalue weighted by molar-refractivity contribution is -0.123. The van der Waals surface area contributed by atoms with Crippen molar-refractivity contribution >= 4 is 29.1 Å². The number of amides is 2. The van der Waals surface area contributed by atoms with E-state index in [4.69, 9.17) is 12.2 Å². The smallest absolute Gasteiger partial charge is 0.262 e. The van der Waals surface area contributed by atoms with Gasteiger partial charge in [0, 0.05) is 0 Å². The zero-order valence-corrected chi connectivity index (χ0v) is 8.37. The first-order chi connectivity index (χ1) is 6.68. The van der Waals surface area contributed by atoms with Crippen LogP contribution in [0.5, 0.6) is 0 Å². The van der Waals surface area contributed by atoms with Gasteiger partial charge < -0.3 is 0 Å². The van der Waals surface area contributed by atoms with Crippen molar-refractivity contribution in [2.45, 2.75) is 25.7 Å². The molecule has 0 atom stereocenters. The lowest BCUT2D eigenvalue weighted by Gasteiger charge is -2.18. The lowest BCUT2D eigenvalue weighted by atomic mass is 10.0. The SMILES string of the molecule is O=C1NC(=S)NC(=O)C1=C1CCCC1. The molecule has 2 aliphatic rings.